The highest BCUT2D eigenvalue weighted by atomic mass is 35.5. The van der Waals surface area contributed by atoms with E-state index in [1.54, 1.807) is 12.1 Å². The zero-order valence-electron chi connectivity index (χ0n) is 11.8. The third-order valence-corrected chi connectivity index (χ3v) is 4.42. The Morgan fingerprint density at radius 1 is 1.05 bits per heavy atom. The summed E-state index contributed by atoms with van der Waals surface area (Å²) in [5.74, 6) is 1.60. The quantitative estimate of drug-likeness (QED) is 0.581. The van der Waals surface area contributed by atoms with Crippen molar-refractivity contribution in [1.82, 2.24) is 0 Å². The first-order chi connectivity index (χ1) is 10.5. The molecule has 0 heterocycles. The molecular formula is C16H16Cl2N2OS. The number of amidine groups is 1. The number of rotatable bonds is 6. The van der Waals surface area contributed by atoms with Crippen molar-refractivity contribution in [2.24, 2.45) is 5.73 Å². The maximum absolute atomic E-state index is 7.16. The fraction of sp³-hybridized carbons (Fsp3) is 0.188. The average molecular weight is 355 g/mol. The number of hydrogen-bond donors (Lipinski definition) is 2. The molecule has 0 saturated heterocycles. The van der Waals surface area contributed by atoms with Crippen LogP contribution in [0.5, 0.6) is 5.75 Å². The number of benzene rings is 2. The molecule has 0 spiro atoms. The molecule has 0 fully saturated rings. The van der Waals surface area contributed by atoms with Crippen molar-refractivity contribution < 1.29 is 4.74 Å². The van der Waals surface area contributed by atoms with Crippen LogP contribution in [0.25, 0.3) is 0 Å². The Labute approximate surface area is 144 Å². The maximum atomic E-state index is 7.16. The van der Waals surface area contributed by atoms with Crippen LogP contribution in [0.3, 0.4) is 0 Å². The first kappa shape index (κ1) is 17.0. The van der Waals surface area contributed by atoms with E-state index in [0.29, 0.717) is 16.7 Å². The Kier molecular flexibility index (Phi) is 6.43. The largest absolute Gasteiger partial charge is 0.489 e. The Bertz CT molecular complexity index is 647. The van der Waals surface area contributed by atoms with Gasteiger partial charge in [-0.25, -0.2) is 0 Å². The minimum Gasteiger partial charge on any atom is -0.489 e. The van der Waals surface area contributed by atoms with Crippen molar-refractivity contribution in [3.8, 4) is 5.75 Å². The molecule has 0 aliphatic heterocycles. The van der Waals surface area contributed by atoms with Gasteiger partial charge in [-0.05, 0) is 41.8 Å². The molecule has 6 heteroatoms. The van der Waals surface area contributed by atoms with Crippen LogP contribution in [0, 0.1) is 5.41 Å². The molecule has 3 N–H and O–H groups in total. The topological polar surface area (TPSA) is 59.1 Å². The molecular weight excluding hydrogens is 339 g/mol. The number of ether oxygens (including phenoxy) is 1. The molecule has 3 nitrogen and oxygen atoms in total. The number of nitrogens with one attached hydrogen (secondary N) is 1. The summed E-state index contributed by atoms with van der Waals surface area (Å²) in [5, 5.41) is 8.39. The van der Waals surface area contributed by atoms with E-state index in [1.807, 2.05) is 30.3 Å². The summed E-state index contributed by atoms with van der Waals surface area (Å²) >= 11 is 13.2. The van der Waals surface area contributed by atoms with Gasteiger partial charge in [0.15, 0.2) is 5.17 Å². The van der Waals surface area contributed by atoms with Crippen LogP contribution in [0.2, 0.25) is 10.0 Å². The molecule has 0 amide bonds. The highest BCUT2D eigenvalue weighted by molar-refractivity contribution is 8.13. The van der Waals surface area contributed by atoms with Gasteiger partial charge in [0.2, 0.25) is 0 Å². The van der Waals surface area contributed by atoms with Gasteiger partial charge in [-0.2, -0.15) is 0 Å². The second-order valence-corrected chi connectivity index (χ2v) is 6.59. The van der Waals surface area contributed by atoms with E-state index in [2.05, 4.69) is 0 Å². The Morgan fingerprint density at radius 3 is 2.36 bits per heavy atom. The number of nitrogens with two attached hydrogens (primary N) is 1. The number of aryl methyl sites for hydroxylation is 1. The van der Waals surface area contributed by atoms with E-state index in [4.69, 9.17) is 39.1 Å². The minimum absolute atomic E-state index is 0.154. The Morgan fingerprint density at radius 2 is 1.73 bits per heavy atom. The Hall–Kier alpha value is -1.36. The predicted octanol–water partition coefficient (Wildman–Crippen LogP) is 4.74. The number of hydrogen-bond acceptors (Lipinski definition) is 3. The van der Waals surface area contributed by atoms with Crippen molar-refractivity contribution in [3.63, 3.8) is 0 Å². The molecule has 0 saturated carbocycles. The second-order valence-electron chi connectivity index (χ2n) is 4.64. The van der Waals surface area contributed by atoms with E-state index >= 15 is 0 Å². The first-order valence-electron chi connectivity index (χ1n) is 6.67. The molecule has 2 rings (SSSR count). The molecule has 0 unspecified atom stereocenters. The van der Waals surface area contributed by atoms with E-state index in [9.17, 15) is 0 Å². The highest BCUT2D eigenvalue weighted by Gasteiger charge is 2.01. The first-order valence-corrected chi connectivity index (χ1v) is 8.41. The van der Waals surface area contributed by atoms with Gasteiger partial charge in [0.05, 0.1) is 10.0 Å². The molecule has 0 bridgehead atoms. The van der Waals surface area contributed by atoms with E-state index in [1.165, 1.54) is 17.3 Å². The summed E-state index contributed by atoms with van der Waals surface area (Å²) in [6.07, 6.45) is 0.872. The van der Waals surface area contributed by atoms with Crippen LogP contribution < -0.4 is 10.5 Å². The van der Waals surface area contributed by atoms with Crippen LogP contribution in [0.4, 0.5) is 0 Å². The zero-order valence-corrected chi connectivity index (χ0v) is 14.1. The van der Waals surface area contributed by atoms with Gasteiger partial charge in [-0.1, -0.05) is 53.2 Å². The fourth-order valence-electron chi connectivity index (χ4n) is 1.83. The van der Waals surface area contributed by atoms with Gasteiger partial charge < -0.3 is 10.5 Å². The minimum atomic E-state index is 0.154. The van der Waals surface area contributed by atoms with Gasteiger partial charge in [0.25, 0.3) is 0 Å². The fourth-order valence-corrected chi connectivity index (χ4v) is 2.71. The standard InChI is InChI=1S/C16H16Cl2N2OS/c17-14-6-3-12(9-15(14)18)10-21-13-4-1-11(2-5-13)7-8-22-16(19)20/h1-6,9H,7-8,10H2,(H3,19,20). The van der Waals surface area contributed by atoms with E-state index in [-0.39, 0.29) is 5.17 Å². The summed E-state index contributed by atoms with van der Waals surface area (Å²) in [6, 6.07) is 13.4. The molecule has 2 aromatic rings. The number of halogens is 2. The lowest BCUT2D eigenvalue weighted by Crippen LogP contribution is -2.05. The Balaban J connectivity index is 1.85. The van der Waals surface area contributed by atoms with Gasteiger partial charge in [0, 0.05) is 5.75 Å². The normalized spacial score (nSPS) is 10.5. The monoisotopic (exact) mass is 354 g/mol. The third kappa shape index (κ3) is 5.44. The SMILES string of the molecule is N=C(N)SCCc1ccc(OCc2ccc(Cl)c(Cl)c2)cc1. The lowest BCUT2D eigenvalue weighted by Gasteiger charge is -2.08. The number of thioether (sulfide) groups is 1. The maximum Gasteiger partial charge on any atom is 0.151 e. The molecule has 0 radical (unpaired) electrons. The van der Waals surface area contributed by atoms with E-state index in [0.717, 1.165) is 23.5 Å². The van der Waals surface area contributed by atoms with Gasteiger partial charge in [-0.15, -0.1) is 0 Å². The summed E-state index contributed by atoms with van der Waals surface area (Å²) in [6.45, 7) is 0.441. The summed E-state index contributed by atoms with van der Waals surface area (Å²) in [5.41, 5.74) is 7.46. The average Bonchev–Trinajstić information content (AvgIpc) is 2.49. The van der Waals surface area contributed by atoms with Crippen LogP contribution >= 0.6 is 35.0 Å². The second kappa shape index (κ2) is 8.32. The predicted molar refractivity (Wildman–Crippen MR) is 95.3 cm³/mol. The van der Waals surface area contributed by atoms with Crippen LogP contribution in [0.1, 0.15) is 11.1 Å². The molecule has 2 aromatic carbocycles. The summed E-state index contributed by atoms with van der Waals surface area (Å²) in [7, 11) is 0. The van der Waals surface area contributed by atoms with Crippen molar-refractivity contribution in [3.05, 3.63) is 63.6 Å². The molecule has 0 atom stereocenters. The molecule has 0 aliphatic carbocycles. The lowest BCUT2D eigenvalue weighted by atomic mass is 10.2. The third-order valence-electron chi connectivity index (χ3n) is 2.96. The lowest BCUT2D eigenvalue weighted by molar-refractivity contribution is 0.306. The molecule has 22 heavy (non-hydrogen) atoms. The molecule has 0 aliphatic rings. The zero-order chi connectivity index (χ0) is 15.9. The van der Waals surface area contributed by atoms with Gasteiger partial charge in [-0.3, -0.25) is 5.41 Å². The van der Waals surface area contributed by atoms with Crippen LogP contribution in [0.15, 0.2) is 42.5 Å². The summed E-state index contributed by atoms with van der Waals surface area (Å²) in [4.78, 5) is 0. The van der Waals surface area contributed by atoms with Crippen LogP contribution in [-0.2, 0) is 13.0 Å². The van der Waals surface area contributed by atoms with Gasteiger partial charge in [0.1, 0.15) is 12.4 Å². The smallest absolute Gasteiger partial charge is 0.151 e. The van der Waals surface area contributed by atoms with Gasteiger partial charge >= 0.3 is 0 Å². The summed E-state index contributed by atoms with van der Waals surface area (Å²) < 4.78 is 5.72. The molecule has 116 valence electrons. The molecule has 0 aromatic heterocycles. The van der Waals surface area contributed by atoms with Crippen molar-refractivity contribution in [2.75, 3.05) is 5.75 Å². The van der Waals surface area contributed by atoms with Crippen molar-refractivity contribution in [1.29, 1.82) is 5.41 Å². The highest BCUT2D eigenvalue weighted by Crippen LogP contribution is 2.23. The van der Waals surface area contributed by atoms with Crippen molar-refractivity contribution in [2.45, 2.75) is 13.0 Å². The van der Waals surface area contributed by atoms with Crippen LogP contribution in [-0.4, -0.2) is 10.9 Å². The van der Waals surface area contributed by atoms with Crippen molar-refractivity contribution >= 4 is 40.1 Å². The van der Waals surface area contributed by atoms with E-state index < -0.39 is 0 Å².